The molecule has 111 heavy (non-hydrogen) atoms. The Kier molecular flexibility index (Phi) is 22.4. The molecule has 3 aromatic heterocycles. The first-order valence-electron chi connectivity index (χ1n) is 45.3. The van der Waals surface area contributed by atoms with E-state index in [4.69, 9.17) is 15.0 Å². The van der Waals surface area contributed by atoms with E-state index >= 15 is 0 Å². The first kappa shape index (κ1) is 75.6. The highest BCUT2D eigenvalue weighted by Crippen LogP contribution is 2.51. The van der Waals surface area contributed by atoms with E-state index in [0.29, 0.717) is 66.8 Å². The summed E-state index contributed by atoms with van der Waals surface area (Å²) in [7, 11) is 0. The number of Topliss-reactive ketones (excluding diaryl/α,β-unsaturated/α-hetero) is 2. The second-order valence-corrected chi connectivity index (χ2v) is 38.0. The molecule has 9 saturated heterocycles. The number of aliphatic hydroxyl groups is 1. The van der Waals surface area contributed by atoms with Crippen LogP contribution in [0.5, 0.6) is 0 Å². The highest BCUT2D eigenvalue weighted by atomic mass is 16.3. The number of nitrogens with zero attached hydrogens (tertiary/aromatic N) is 12. The van der Waals surface area contributed by atoms with Crippen LogP contribution in [-0.4, -0.2) is 153 Å². The summed E-state index contributed by atoms with van der Waals surface area (Å²) in [6, 6.07) is 30.3. The van der Waals surface area contributed by atoms with Crippen LogP contribution in [0.15, 0.2) is 99.5 Å². The van der Waals surface area contributed by atoms with Crippen LogP contribution in [0.25, 0.3) is 33.1 Å². The summed E-state index contributed by atoms with van der Waals surface area (Å²) in [5.74, 6) is 5.73. The summed E-state index contributed by atoms with van der Waals surface area (Å²) in [4.78, 5) is 95.9. The Morgan fingerprint density at radius 3 is 0.964 bits per heavy atom. The molecule has 0 amide bonds. The maximum Gasteiger partial charge on any atom is 0.294 e. The van der Waals surface area contributed by atoms with Crippen LogP contribution in [-0.2, 0) is 9.59 Å². The Morgan fingerprint density at radius 1 is 0.342 bits per heavy atom. The van der Waals surface area contributed by atoms with E-state index in [1.807, 2.05) is 69.3 Å². The number of aliphatic hydroxyl groups excluding tert-OH is 1. The second-order valence-electron chi connectivity index (χ2n) is 38.0. The molecule has 18 heteroatoms. The number of carbonyl (C=O) groups is 2. The van der Waals surface area contributed by atoms with Gasteiger partial charge in [-0.25, -0.2) is 15.0 Å². The molecule has 6 aromatic rings. The summed E-state index contributed by atoms with van der Waals surface area (Å²) < 4.78 is 6.29. The largest absolute Gasteiger partial charge is 0.513 e. The first-order valence-corrected chi connectivity index (χ1v) is 45.3. The monoisotopic (exact) mass is 1510 g/mol. The van der Waals surface area contributed by atoms with Crippen LogP contribution in [0.3, 0.4) is 0 Å². The van der Waals surface area contributed by atoms with Crippen LogP contribution in [0.2, 0.25) is 0 Å². The van der Waals surface area contributed by atoms with Crippen molar-refractivity contribution in [1.29, 1.82) is 0 Å². The lowest BCUT2D eigenvalue weighted by Gasteiger charge is -2.54. The molecule has 20 rings (SSSR count). The molecular formula is C93H128N12O6. The zero-order valence-electron chi connectivity index (χ0n) is 67.1. The number of hydrogen-bond acceptors (Lipinski definition) is 15. The maximum atomic E-state index is 14.1. The van der Waals surface area contributed by atoms with Gasteiger partial charge in [-0.3, -0.25) is 38.7 Å². The number of carbonyl (C=O) groups excluding carboxylic acids is 2. The third-order valence-corrected chi connectivity index (χ3v) is 31.2. The van der Waals surface area contributed by atoms with Crippen LogP contribution >= 0.6 is 0 Å². The molecule has 5 unspecified atom stereocenters. The third-order valence-electron chi connectivity index (χ3n) is 31.2. The second kappa shape index (κ2) is 32.9. The minimum absolute atomic E-state index is 0.00450. The zero-order valence-corrected chi connectivity index (χ0v) is 67.1. The number of fused-ring (bicyclic) bond motifs is 13. The van der Waals surface area contributed by atoms with E-state index < -0.39 is 0 Å². The van der Waals surface area contributed by atoms with E-state index in [-0.39, 0.29) is 70.1 Å². The number of piperidine rings is 6. The van der Waals surface area contributed by atoms with Crippen molar-refractivity contribution >= 4 is 62.1 Å². The van der Waals surface area contributed by atoms with Crippen molar-refractivity contribution in [1.82, 2.24) is 43.4 Å². The lowest BCUT2D eigenvalue weighted by atomic mass is 9.73. The molecule has 0 radical (unpaired) electrons. The fraction of sp³-hybridized carbons (Fsp3) is 0.699. The highest BCUT2D eigenvalue weighted by Gasteiger charge is 2.50. The minimum Gasteiger partial charge on any atom is -0.513 e. The molecule has 1 N–H and O–H groups in total. The molecule has 5 saturated carbocycles. The molecule has 5 aliphatic carbocycles. The Bertz CT molecular complexity index is 4270. The SMILES string of the molecule is C=C(O)C1CN(c2nc3ccccc3n(C3C[C@H]4CCC[C@@H](C3)N4C3CCCCCCCCC3)c2=O)C1.CC(=O)[C@@H]1CCN1c1nc2ccccc2n(C2C[C@H]3CCC[C@@H](C2)N3C2C[C@H]3CCCC[C@@H](C2)C3)c1=O.CC(=O)[C@H]1CCN1c1nc2ccccc2n(C2C[C@H]3CCC[C@@H](C2)N3C2C[C@H]3CCCC[C@@H](C2)C3)c1=O. The van der Waals surface area contributed by atoms with Gasteiger partial charge in [0.05, 0.1) is 56.9 Å². The van der Waals surface area contributed by atoms with Gasteiger partial charge >= 0.3 is 0 Å². The van der Waals surface area contributed by atoms with E-state index in [2.05, 4.69) is 53.2 Å². The van der Waals surface area contributed by atoms with Crippen LogP contribution < -0.4 is 31.4 Å². The van der Waals surface area contributed by atoms with Crippen molar-refractivity contribution in [3.63, 3.8) is 0 Å². The molecule has 9 aliphatic heterocycles. The van der Waals surface area contributed by atoms with E-state index in [1.54, 1.807) is 13.8 Å². The van der Waals surface area contributed by atoms with E-state index in [9.17, 15) is 29.1 Å². The molecule has 10 bridgehead atoms. The minimum atomic E-state index is -0.203. The maximum absolute atomic E-state index is 14.1. The van der Waals surface area contributed by atoms with E-state index in [1.165, 1.54) is 205 Å². The van der Waals surface area contributed by atoms with Crippen molar-refractivity contribution < 1.29 is 14.7 Å². The Morgan fingerprint density at radius 2 is 0.640 bits per heavy atom. The molecular weight excluding hydrogens is 1380 g/mol. The number of hydrogen-bond donors (Lipinski definition) is 1. The Labute approximate surface area is 658 Å². The number of aromatic nitrogens is 6. The van der Waals surface area contributed by atoms with Gasteiger partial charge in [0.2, 0.25) is 0 Å². The Hall–Kier alpha value is -6.76. The van der Waals surface area contributed by atoms with Gasteiger partial charge in [-0.15, -0.1) is 0 Å². The summed E-state index contributed by atoms with van der Waals surface area (Å²) >= 11 is 0. The van der Waals surface area contributed by atoms with Crippen molar-refractivity contribution in [3.05, 3.63) is 116 Å². The summed E-state index contributed by atoms with van der Waals surface area (Å²) in [6.45, 7) is 9.65. The summed E-state index contributed by atoms with van der Waals surface area (Å²) in [5, 5.41) is 9.79. The van der Waals surface area contributed by atoms with Gasteiger partial charge in [-0.1, -0.05) is 159 Å². The predicted molar refractivity (Wildman–Crippen MR) is 444 cm³/mol. The van der Waals surface area contributed by atoms with Gasteiger partial charge < -0.3 is 33.5 Å². The summed E-state index contributed by atoms with van der Waals surface area (Å²) in [6.07, 6.45) is 52.1. The molecule has 596 valence electrons. The van der Waals surface area contributed by atoms with Crippen molar-refractivity contribution in [2.75, 3.05) is 40.9 Å². The van der Waals surface area contributed by atoms with Crippen molar-refractivity contribution in [3.8, 4) is 0 Å². The van der Waals surface area contributed by atoms with Gasteiger partial charge in [0.25, 0.3) is 16.7 Å². The lowest BCUT2D eigenvalue weighted by molar-refractivity contribution is -0.120. The molecule has 14 fully saturated rings. The Balaban J connectivity index is 0.000000117. The molecule has 18 nitrogen and oxygen atoms in total. The highest BCUT2D eigenvalue weighted by molar-refractivity contribution is 5.88. The van der Waals surface area contributed by atoms with Crippen molar-refractivity contribution in [2.45, 2.75) is 355 Å². The standard InChI is InChI=1S/2C31H42N4O2.C31H44N4O2/c2*1-20(36)28-13-14-33(28)30-31(37)35(29-12-5-4-11-27(29)32-30)26-18-23-9-6-10-24(19-26)34(23)25-16-21-7-2-3-8-22(15-21)17-25;1-22(36)23-20-33(21-23)30-31(37)35(29-17-10-9-16-28(29)32-30)27-18-25-14-11-15-26(19-27)34(25)24-12-7-5-3-2-4-6-8-13-24/h2*4-5,11-12,21-26,28H,2-3,6-10,13-19H2,1H3;9-10,16-17,23-27,36H,1-8,11-15,18-21H2/t2*21-,22+,23-,24+,25?,26?,28-;25-,26+,27?/m10./s1. The van der Waals surface area contributed by atoms with Gasteiger partial charge in [0, 0.05) is 98.7 Å². The van der Waals surface area contributed by atoms with Gasteiger partial charge in [0.15, 0.2) is 29.0 Å². The number of ketones is 2. The molecule has 12 heterocycles. The normalized spacial score (nSPS) is 33.6. The molecule has 17 atom stereocenters. The average molecular weight is 1510 g/mol. The predicted octanol–water partition coefficient (Wildman–Crippen LogP) is 17.3. The zero-order chi connectivity index (χ0) is 75.5. The number of para-hydroxylation sites is 6. The summed E-state index contributed by atoms with van der Waals surface area (Å²) in [5.41, 5.74) is 5.56. The van der Waals surface area contributed by atoms with Crippen LogP contribution in [0.1, 0.15) is 289 Å². The molecule has 0 spiro atoms. The fourth-order valence-electron chi connectivity index (χ4n) is 26.0. The number of rotatable bonds is 12. The van der Waals surface area contributed by atoms with Crippen LogP contribution in [0.4, 0.5) is 17.5 Å². The smallest absolute Gasteiger partial charge is 0.294 e. The topological polar surface area (TPSA) is 178 Å². The number of anilines is 3. The van der Waals surface area contributed by atoms with Gasteiger partial charge in [-0.2, -0.15) is 0 Å². The van der Waals surface area contributed by atoms with Gasteiger partial charge in [0.1, 0.15) is 0 Å². The van der Waals surface area contributed by atoms with Crippen LogP contribution in [0, 0.1) is 29.6 Å². The first-order chi connectivity index (χ1) is 54.2. The third kappa shape index (κ3) is 15.2. The fourth-order valence-corrected chi connectivity index (χ4v) is 26.0. The average Bonchev–Trinajstić information content (AvgIpc) is 0.853. The van der Waals surface area contributed by atoms with Gasteiger partial charge in [-0.05, 0) is 215 Å². The quantitative estimate of drug-likeness (QED) is 0.114. The molecule has 14 aliphatic rings. The number of benzene rings is 3. The molecule has 3 aromatic carbocycles. The van der Waals surface area contributed by atoms with Crippen molar-refractivity contribution in [2.24, 2.45) is 29.6 Å². The lowest BCUT2D eigenvalue weighted by Crippen LogP contribution is -2.59. The van der Waals surface area contributed by atoms with E-state index in [0.717, 1.165) is 139 Å².